The molecule has 0 fully saturated rings. The van der Waals surface area contributed by atoms with E-state index in [0.717, 1.165) is 11.6 Å². The Hall–Kier alpha value is -2.07. The summed E-state index contributed by atoms with van der Waals surface area (Å²) in [6, 6.07) is 7.00. The molecule has 0 bridgehead atoms. The normalized spacial score (nSPS) is 10.2. The molecule has 0 spiro atoms. The standard InChI is InChI=1S/C14H13ClO4/c1-2-13(16)18-9-10-19-14(17)8-5-11-3-6-12(15)7-4-11/h2-8H,1,9-10H2/b8-5+. The van der Waals surface area contributed by atoms with Crippen molar-refractivity contribution in [2.45, 2.75) is 0 Å². The minimum atomic E-state index is -0.548. The van der Waals surface area contributed by atoms with Crippen LogP contribution < -0.4 is 0 Å². The summed E-state index contributed by atoms with van der Waals surface area (Å²) in [5.74, 6) is -1.06. The van der Waals surface area contributed by atoms with Crippen molar-refractivity contribution in [1.82, 2.24) is 0 Å². The first-order chi connectivity index (χ1) is 9.11. The van der Waals surface area contributed by atoms with Crippen LogP contribution >= 0.6 is 11.6 Å². The molecule has 1 aromatic carbocycles. The minimum Gasteiger partial charge on any atom is -0.459 e. The molecule has 0 saturated heterocycles. The van der Waals surface area contributed by atoms with Crippen LogP contribution in [-0.4, -0.2) is 25.2 Å². The predicted molar refractivity (Wildman–Crippen MR) is 72.6 cm³/mol. The van der Waals surface area contributed by atoms with Gasteiger partial charge in [-0.3, -0.25) is 0 Å². The van der Waals surface area contributed by atoms with Crippen LogP contribution in [-0.2, 0) is 19.1 Å². The lowest BCUT2D eigenvalue weighted by molar-refractivity contribution is -0.145. The minimum absolute atomic E-state index is 0.00334. The Morgan fingerprint density at radius 1 is 1.11 bits per heavy atom. The Kier molecular flexibility index (Phi) is 6.39. The third-order valence-electron chi connectivity index (χ3n) is 2.02. The van der Waals surface area contributed by atoms with E-state index >= 15 is 0 Å². The van der Waals surface area contributed by atoms with E-state index in [4.69, 9.17) is 16.3 Å². The highest BCUT2D eigenvalue weighted by molar-refractivity contribution is 6.30. The molecule has 4 nitrogen and oxygen atoms in total. The number of rotatable bonds is 6. The lowest BCUT2D eigenvalue weighted by Gasteiger charge is -2.02. The zero-order valence-corrected chi connectivity index (χ0v) is 10.9. The SMILES string of the molecule is C=CC(=O)OCCOC(=O)/C=C/c1ccc(Cl)cc1. The van der Waals surface area contributed by atoms with Gasteiger partial charge in [-0.1, -0.05) is 30.3 Å². The van der Waals surface area contributed by atoms with Crippen LogP contribution in [0.5, 0.6) is 0 Å². The average molecular weight is 281 g/mol. The fourth-order valence-electron chi connectivity index (χ4n) is 1.13. The first-order valence-corrected chi connectivity index (χ1v) is 5.89. The molecule has 0 saturated carbocycles. The first kappa shape index (κ1) is 15.0. The molecule has 0 amide bonds. The molecule has 100 valence electrons. The molecule has 19 heavy (non-hydrogen) atoms. The summed E-state index contributed by atoms with van der Waals surface area (Å²) in [7, 11) is 0. The quantitative estimate of drug-likeness (QED) is 0.457. The van der Waals surface area contributed by atoms with Crippen molar-refractivity contribution in [3.63, 3.8) is 0 Å². The van der Waals surface area contributed by atoms with E-state index in [2.05, 4.69) is 11.3 Å². The van der Waals surface area contributed by atoms with Crippen molar-refractivity contribution >= 4 is 29.6 Å². The van der Waals surface area contributed by atoms with E-state index in [1.807, 2.05) is 0 Å². The van der Waals surface area contributed by atoms with Gasteiger partial charge in [0.2, 0.25) is 0 Å². The van der Waals surface area contributed by atoms with Gasteiger partial charge in [0.15, 0.2) is 0 Å². The lowest BCUT2D eigenvalue weighted by Crippen LogP contribution is -2.11. The van der Waals surface area contributed by atoms with Gasteiger partial charge in [0.1, 0.15) is 13.2 Å². The number of ether oxygens (including phenoxy) is 2. The second-order valence-corrected chi connectivity index (χ2v) is 3.86. The number of halogens is 1. The molecule has 0 aromatic heterocycles. The van der Waals surface area contributed by atoms with Crippen molar-refractivity contribution in [1.29, 1.82) is 0 Å². The summed E-state index contributed by atoms with van der Waals surface area (Å²) in [4.78, 5) is 22.0. The number of benzene rings is 1. The molecule has 0 heterocycles. The van der Waals surface area contributed by atoms with Gasteiger partial charge in [0.25, 0.3) is 0 Å². The highest BCUT2D eigenvalue weighted by Gasteiger charge is 1.99. The van der Waals surface area contributed by atoms with E-state index < -0.39 is 11.9 Å². The van der Waals surface area contributed by atoms with Crippen molar-refractivity contribution in [3.8, 4) is 0 Å². The summed E-state index contributed by atoms with van der Waals surface area (Å²) in [5.41, 5.74) is 0.833. The highest BCUT2D eigenvalue weighted by Crippen LogP contribution is 2.10. The Bertz CT molecular complexity index is 477. The third kappa shape index (κ3) is 6.43. The topological polar surface area (TPSA) is 52.6 Å². The molecule has 5 heteroatoms. The Morgan fingerprint density at radius 2 is 1.68 bits per heavy atom. The number of hydrogen-bond acceptors (Lipinski definition) is 4. The second kappa shape index (κ2) is 8.11. The van der Waals surface area contributed by atoms with Crippen molar-refractivity contribution in [2.75, 3.05) is 13.2 Å². The number of carbonyl (C=O) groups excluding carboxylic acids is 2. The maximum atomic E-state index is 11.3. The van der Waals surface area contributed by atoms with E-state index in [9.17, 15) is 9.59 Å². The molecule has 0 radical (unpaired) electrons. The van der Waals surface area contributed by atoms with Crippen LogP contribution in [0.25, 0.3) is 6.08 Å². The second-order valence-electron chi connectivity index (χ2n) is 3.42. The zero-order chi connectivity index (χ0) is 14.1. The summed E-state index contributed by atoms with van der Waals surface area (Å²) in [5, 5.41) is 0.628. The summed E-state index contributed by atoms with van der Waals surface area (Å²) >= 11 is 5.73. The van der Waals surface area contributed by atoms with Gasteiger partial charge in [-0.2, -0.15) is 0 Å². The number of hydrogen-bond donors (Lipinski definition) is 0. The molecule has 0 unspecified atom stereocenters. The van der Waals surface area contributed by atoms with Crippen molar-refractivity contribution in [3.05, 3.63) is 53.6 Å². The lowest BCUT2D eigenvalue weighted by atomic mass is 10.2. The van der Waals surface area contributed by atoms with E-state index in [-0.39, 0.29) is 13.2 Å². The summed E-state index contributed by atoms with van der Waals surface area (Å²) < 4.78 is 9.46. The Labute approximate surface area is 116 Å². The third-order valence-corrected chi connectivity index (χ3v) is 2.27. The molecule has 0 atom stereocenters. The summed E-state index contributed by atoms with van der Waals surface area (Å²) in [6.07, 6.45) is 3.94. The molecule has 0 aliphatic heterocycles. The van der Waals surface area contributed by atoms with Crippen molar-refractivity contribution < 1.29 is 19.1 Å². The first-order valence-electron chi connectivity index (χ1n) is 5.51. The van der Waals surface area contributed by atoms with Gasteiger partial charge in [0.05, 0.1) is 0 Å². The molecule has 0 aliphatic rings. The predicted octanol–water partition coefficient (Wildman–Crippen LogP) is 2.63. The molecule has 0 aliphatic carbocycles. The van der Waals surface area contributed by atoms with Crippen LogP contribution in [0.3, 0.4) is 0 Å². The number of carbonyl (C=O) groups is 2. The van der Waals surface area contributed by atoms with Gasteiger partial charge in [-0.05, 0) is 23.8 Å². The van der Waals surface area contributed by atoms with Crippen LogP contribution in [0.4, 0.5) is 0 Å². The van der Waals surface area contributed by atoms with Crippen LogP contribution in [0, 0.1) is 0 Å². The Balaban J connectivity index is 2.29. The van der Waals surface area contributed by atoms with E-state index in [1.165, 1.54) is 6.08 Å². The molecule has 1 aromatic rings. The van der Waals surface area contributed by atoms with Gasteiger partial charge in [0, 0.05) is 17.2 Å². The highest BCUT2D eigenvalue weighted by atomic mass is 35.5. The van der Waals surface area contributed by atoms with Gasteiger partial charge in [-0.25, -0.2) is 9.59 Å². The fourth-order valence-corrected chi connectivity index (χ4v) is 1.26. The van der Waals surface area contributed by atoms with Crippen molar-refractivity contribution in [2.24, 2.45) is 0 Å². The van der Waals surface area contributed by atoms with Gasteiger partial charge in [-0.15, -0.1) is 0 Å². The summed E-state index contributed by atoms with van der Waals surface area (Å²) in [6.45, 7) is 3.25. The van der Waals surface area contributed by atoms with Gasteiger partial charge < -0.3 is 9.47 Å². The number of esters is 2. The monoisotopic (exact) mass is 280 g/mol. The molecule has 0 N–H and O–H groups in total. The zero-order valence-electron chi connectivity index (χ0n) is 10.2. The van der Waals surface area contributed by atoms with Crippen LogP contribution in [0.1, 0.15) is 5.56 Å². The molecular formula is C14H13ClO4. The average Bonchev–Trinajstić information content (AvgIpc) is 2.42. The maximum Gasteiger partial charge on any atom is 0.330 e. The smallest absolute Gasteiger partial charge is 0.330 e. The van der Waals surface area contributed by atoms with Gasteiger partial charge >= 0.3 is 11.9 Å². The maximum absolute atomic E-state index is 11.3. The fraction of sp³-hybridized carbons (Fsp3) is 0.143. The molecular weight excluding hydrogens is 268 g/mol. The van der Waals surface area contributed by atoms with Crippen LogP contribution in [0.2, 0.25) is 5.02 Å². The van der Waals surface area contributed by atoms with Crippen LogP contribution in [0.15, 0.2) is 43.0 Å². The Morgan fingerprint density at radius 3 is 2.26 bits per heavy atom. The molecule has 1 rings (SSSR count). The largest absolute Gasteiger partial charge is 0.459 e. The van der Waals surface area contributed by atoms with E-state index in [1.54, 1.807) is 30.3 Å². The van der Waals surface area contributed by atoms with E-state index in [0.29, 0.717) is 5.02 Å².